The Morgan fingerprint density at radius 1 is 1.30 bits per heavy atom. The zero-order chi connectivity index (χ0) is 14.4. The van der Waals surface area contributed by atoms with Crippen molar-refractivity contribution in [2.75, 3.05) is 39.8 Å². The smallest absolute Gasteiger partial charge is 0.236 e. The molecule has 0 spiro atoms. The average Bonchev–Trinajstić information content (AvgIpc) is 2.70. The highest BCUT2D eigenvalue weighted by Gasteiger charge is 2.15. The van der Waals surface area contributed by atoms with E-state index in [0.29, 0.717) is 13.1 Å². The second-order valence-corrected chi connectivity index (χ2v) is 5.26. The van der Waals surface area contributed by atoms with Crippen molar-refractivity contribution in [1.82, 2.24) is 15.1 Å². The Kier molecular flexibility index (Phi) is 5.49. The molecule has 1 amide bonds. The highest BCUT2D eigenvalue weighted by molar-refractivity contribution is 5.78. The van der Waals surface area contributed by atoms with Crippen LogP contribution in [0.4, 0.5) is 4.39 Å². The van der Waals surface area contributed by atoms with Crippen LogP contribution < -0.4 is 5.32 Å². The largest absolute Gasteiger partial charge is 0.340 e. The molecule has 0 atom stereocenters. The quantitative estimate of drug-likeness (QED) is 0.896. The number of hydrogen-bond acceptors (Lipinski definition) is 3. The van der Waals surface area contributed by atoms with Gasteiger partial charge < -0.3 is 10.2 Å². The molecule has 1 aliphatic heterocycles. The lowest BCUT2D eigenvalue weighted by atomic mass is 10.2. The molecule has 1 fully saturated rings. The number of rotatable bonds is 4. The number of carbonyl (C=O) groups is 1. The van der Waals surface area contributed by atoms with Gasteiger partial charge in [0.1, 0.15) is 5.82 Å². The molecule has 20 heavy (non-hydrogen) atoms. The predicted octanol–water partition coefficient (Wildman–Crippen LogP) is 1.08. The van der Waals surface area contributed by atoms with Crippen LogP contribution in [0.25, 0.3) is 0 Å². The van der Waals surface area contributed by atoms with Crippen LogP contribution in [0.1, 0.15) is 12.0 Å². The molecule has 5 heteroatoms. The van der Waals surface area contributed by atoms with E-state index in [1.54, 1.807) is 24.1 Å². The van der Waals surface area contributed by atoms with Gasteiger partial charge >= 0.3 is 0 Å². The van der Waals surface area contributed by atoms with Gasteiger partial charge in [0.2, 0.25) is 5.91 Å². The summed E-state index contributed by atoms with van der Waals surface area (Å²) >= 11 is 0. The molecule has 1 N–H and O–H groups in total. The highest BCUT2D eigenvalue weighted by Crippen LogP contribution is 2.06. The van der Waals surface area contributed by atoms with Crippen LogP contribution in [0.5, 0.6) is 0 Å². The highest BCUT2D eigenvalue weighted by atomic mass is 19.1. The van der Waals surface area contributed by atoms with Crippen LogP contribution >= 0.6 is 0 Å². The number of amides is 1. The molecule has 0 saturated carbocycles. The molecule has 0 aromatic heterocycles. The average molecular weight is 279 g/mol. The molecule has 2 rings (SSSR count). The van der Waals surface area contributed by atoms with Crippen LogP contribution in [-0.4, -0.2) is 55.5 Å². The van der Waals surface area contributed by atoms with Crippen LogP contribution in [-0.2, 0) is 11.3 Å². The zero-order valence-electron chi connectivity index (χ0n) is 11.9. The second kappa shape index (κ2) is 7.36. The van der Waals surface area contributed by atoms with Crippen LogP contribution in [0.2, 0.25) is 0 Å². The summed E-state index contributed by atoms with van der Waals surface area (Å²) in [6.45, 7) is 4.81. The van der Waals surface area contributed by atoms with E-state index in [1.807, 2.05) is 0 Å². The van der Waals surface area contributed by atoms with Gasteiger partial charge in [-0.25, -0.2) is 4.39 Å². The number of nitrogens with zero attached hydrogens (tertiary/aromatic N) is 2. The molecule has 110 valence electrons. The van der Waals surface area contributed by atoms with E-state index in [-0.39, 0.29) is 11.7 Å². The van der Waals surface area contributed by atoms with Crippen molar-refractivity contribution in [1.29, 1.82) is 0 Å². The van der Waals surface area contributed by atoms with E-state index in [9.17, 15) is 9.18 Å². The molecule has 1 aromatic carbocycles. The van der Waals surface area contributed by atoms with Crippen molar-refractivity contribution < 1.29 is 9.18 Å². The Balaban J connectivity index is 1.83. The van der Waals surface area contributed by atoms with Crippen molar-refractivity contribution in [2.45, 2.75) is 13.0 Å². The number of likely N-dealkylation sites (N-methyl/N-ethyl adjacent to an activating group) is 1. The third kappa shape index (κ3) is 4.58. The van der Waals surface area contributed by atoms with Crippen molar-refractivity contribution in [2.24, 2.45) is 0 Å². The molecule has 4 nitrogen and oxygen atoms in total. The van der Waals surface area contributed by atoms with E-state index in [0.717, 1.165) is 38.2 Å². The van der Waals surface area contributed by atoms with Crippen LogP contribution in [0.15, 0.2) is 24.3 Å². The van der Waals surface area contributed by atoms with Crippen molar-refractivity contribution in [3.05, 3.63) is 35.6 Å². The van der Waals surface area contributed by atoms with Gasteiger partial charge in [-0.1, -0.05) is 12.1 Å². The lowest BCUT2D eigenvalue weighted by Crippen LogP contribution is -2.39. The Labute approximate surface area is 119 Å². The predicted molar refractivity (Wildman–Crippen MR) is 76.8 cm³/mol. The van der Waals surface area contributed by atoms with Gasteiger partial charge in [-0.2, -0.15) is 0 Å². The first-order valence-electron chi connectivity index (χ1n) is 7.06. The number of halogens is 1. The molecule has 0 bridgehead atoms. The normalized spacial score (nSPS) is 16.7. The summed E-state index contributed by atoms with van der Waals surface area (Å²) in [5.41, 5.74) is 0.944. The summed E-state index contributed by atoms with van der Waals surface area (Å²) in [6.07, 6.45) is 1.08. The first kappa shape index (κ1) is 14.9. The minimum atomic E-state index is -0.250. The fourth-order valence-corrected chi connectivity index (χ4v) is 2.32. The molecule has 0 aliphatic carbocycles. The minimum Gasteiger partial charge on any atom is -0.340 e. The number of carbonyl (C=O) groups excluding carboxylic acids is 1. The van der Waals surface area contributed by atoms with Gasteiger partial charge in [0, 0.05) is 26.7 Å². The van der Waals surface area contributed by atoms with Gasteiger partial charge in [0.25, 0.3) is 0 Å². The van der Waals surface area contributed by atoms with E-state index >= 15 is 0 Å². The molecule has 0 unspecified atom stereocenters. The number of nitrogens with one attached hydrogen (secondary N) is 1. The molecule has 1 saturated heterocycles. The summed E-state index contributed by atoms with van der Waals surface area (Å²) in [4.78, 5) is 16.1. The van der Waals surface area contributed by atoms with E-state index in [4.69, 9.17) is 0 Å². The molecular weight excluding hydrogens is 257 g/mol. The van der Waals surface area contributed by atoms with E-state index in [2.05, 4.69) is 10.2 Å². The molecule has 1 aromatic rings. The van der Waals surface area contributed by atoms with Crippen molar-refractivity contribution in [3.63, 3.8) is 0 Å². The maximum Gasteiger partial charge on any atom is 0.236 e. The molecule has 1 aliphatic rings. The Bertz CT molecular complexity index is 427. The molecule has 0 radical (unpaired) electrons. The van der Waals surface area contributed by atoms with Crippen molar-refractivity contribution >= 4 is 5.91 Å². The Morgan fingerprint density at radius 3 is 2.80 bits per heavy atom. The maximum absolute atomic E-state index is 12.8. The lowest BCUT2D eigenvalue weighted by Gasteiger charge is -2.23. The lowest BCUT2D eigenvalue weighted by molar-refractivity contribution is -0.131. The third-order valence-corrected chi connectivity index (χ3v) is 3.55. The van der Waals surface area contributed by atoms with Gasteiger partial charge in [0.15, 0.2) is 0 Å². The Hall–Kier alpha value is -1.46. The van der Waals surface area contributed by atoms with Crippen LogP contribution in [0.3, 0.4) is 0 Å². The summed E-state index contributed by atoms with van der Waals surface area (Å²) in [5, 5.41) is 3.32. The molecular formula is C15H22FN3O. The van der Waals surface area contributed by atoms with Crippen molar-refractivity contribution in [3.8, 4) is 0 Å². The maximum atomic E-state index is 12.8. The fourth-order valence-electron chi connectivity index (χ4n) is 2.32. The van der Waals surface area contributed by atoms with Gasteiger partial charge in [0.05, 0.1) is 6.54 Å². The standard InChI is InChI=1S/C15H22FN3O/c1-18(11-13-3-5-14(16)6-4-13)15(20)12-19-9-2-7-17-8-10-19/h3-6,17H,2,7-12H2,1H3. The monoisotopic (exact) mass is 279 g/mol. The summed E-state index contributed by atoms with van der Waals surface area (Å²) < 4.78 is 12.8. The SMILES string of the molecule is CN(Cc1ccc(F)cc1)C(=O)CN1CCCNCC1. The minimum absolute atomic E-state index is 0.108. The van der Waals surface area contributed by atoms with Gasteiger partial charge in [-0.15, -0.1) is 0 Å². The second-order valence-electron chi connectivity index (χ2n) is 5.26. The van der Waals surface area contributed by atoms with Crippen LogP contribution in [0, 0.1) is 5.82 Å². The Morgan fingerprint density at radius 2 is 2.05 bits per heavy atom. The van der Waals surface area contributed by atoms with E-state index in [1.165, 1.54) is 12.1 Å². The molecule has 1 heterocycles. The van der Waals surface area contributed by atoms with Gasteiger partial charge in [-0.05, 0) is 37.2 Å². The van der Waals surface area contributed by atoms with Gasteiger partial charge in [-0.3, -0.25) is 9.69 Å². The first-order chi connectivity index (χ1) is 9.65. The zero-order valence-corrected chi connectivity index (χ0v) is 11.9. The topological polar surface area (TPSA) is 35.6 Å². The summed E-state index contributed by atoms with van der Waals surface area (Å²) in [7, 11) is 1.79. The first-order valence-corrected chi connectivity index (χ1v) is 7.06. The summed E-state index contributed by atoms with van der Waals surface area (Å²) in [6, 6.07) is 6.28. The third-order valence-electron chi connectivity index (χ3n) is 3.55. The number of benzene rings is 1. The fraction of sp³-hybridized carbons (Fsp3) is 0.533. The summed E-state index contributed by atoms with van der Waals surface area (Å²) in [5.74, 6) is -0.143. The number of hydrogen-bond donors (Lipinski definition) is 1. The van der Waals surface area contributed by atoms with E-state index < -0.39 is 0 Å².